The average molecular weight is 421 g/mol. The van der Waals surface area contributed by atoms with Gasteiger partial charge in [-0.05, 0) is 50.2 Å². The fraction of sp³-hybridized carbons (Fsp3) is 0.333. The van der Waals surface area contributed by atoms with Crippen molar-refractivity contribution in [3.63, 3.8) is 0 Å². The third-order valence-electron chi connectivity index (χ3n) is 5.68. The molecular weight excluding hydrogens is 392 g/mol. The Morgan fingerprint density at radius 3 is 2.71 bits per heavy atom. The summed E-state index contributed by atoms with van der Waals surface area (Å²) in [6.07, 6.45) is 2.52. The number of carbonyl (C=O) groups excluding carboxylic acids is 1. The molecule has 2 heterocycles. The SMILES string of the molecule is C=C1NC2(CCN(C(=O)c3ccc(N)c(C=N)c3)CC2)Oc2ccc(OC(C)C)cc21. The van der Waals surface area contributed by atoms with Gasteiger partial charge in [-0.25, -0.2) is 0 Å². The first-order valence-corrected chi connectivity index (χ1v) is 10.5. The second-order valence-corrected chi connectivity index (χ2v) is 8.30. The lowest BCUT2D eigenvalue weighted by Crippen LogP contribution is -2.58. The topological polar surface area (TPSA) is 101 Å². The average Bonchev–Trinajstić information content (AvgIpc) is 2.74. The molecule has 2 aromatic carbocycles. The molecule has 0 bridgehead atoms. The predicted molar refractivity (Wildman–Crippen MR) is 122 cm³/mol. The van der Waals surface area contributed by atoms with Crippen molar-refractivity contribution in [2.75, 3.05) is 18.8 Å². The van der Waals surface area contributed by atoms with E-state index in [9.17, 15) is 4.79 Å². The highest BCUT2D eigenvalue weighted by Gasteiger charge is 2.41. The molecule has 4 N–H and O–H groups in total. The molecule has 1 saturated heterocycles. The van der Waals surface area contributed by atoms with Gasteiger partial charge in [-0.3, -0.25) is 4.79 Å². The number of nitrogens with two attached hydrogens (primary N) is 1. The van der Waals surface area contributed by atoms with E-state index in [0.717, 1.165) is 29.0 Å². The molecule has 2 aromatic rings. The first-order valence-electron chi connectivity index (χ1n) is 10.5. The molecule has 7 nitrogen and oxygen atoms in total. The van der Waals surface area contributed by atoms with Crippen molar-refractivity contribution in [1.29, 1.82) is 5.41 Å². The maximum atomic E-state index is 13.0. The van der Waals surface area contributed by atoms with Gasteiger partial charge in [0.1, 0.15) is 11.5 Å². The third kappa shape index (κ3) is 4.08. The Kier molecular flexibility index (Phi) is 5.35. The number of ether oxygens (including phenoxy) is 2. The Bertz CT molecular complexity index is 1040. The monoisotopic (exact) mass is 420 g/mol. The number of nitrogens with zero attached hydrogens (tertiary/aromatic N) is 1. The molecule has 4 rings (SSSR count). The number of hydrogen-bond acceptors (Lipinski definition) is 6. The van der Waals surface area contributed by atoms with E-state index in [-0.39, 0.29) is 12.0 Å². The van der Waals surface area contributed by atoms with Crippen molar-refractivity contribution in [3.8, 4) is 11.5 Å². The van der Waals surface area contributed by atoms with Crippen molar-refractivity contribution < 1.29 is 14.3 Å². The zero-order valence-electron chi connectivity index (χ0n) is 17.9. The van der Waals surface area contributed by atoms with E-state index in [1.807, 2.05) is 36.9 Å². The minimum Gasteiger partial charge on any atom is -0.491 e. The van der Waals surface area contributed by atoms with Gasteiger partial charge >= 0.3 is 0 Å². The largest absolute Gasteiger partial charge is 0.491 e. The minimum atomic E-state index is -0.581. The Labute approximate surface area is 182 Å². The normalized spacial score (nSPS) is 17.0. The molecule has 31 heavy (non-hydrogen) atoms. The molecule has 2 aliphatic heterocycles. The Balaban J connectivity index is 1.46. The van der Waals surface area contributed by atoms with Crippen LogP contribution in [0.5, 0.6) is 11.5 Å². The first kappa shape index (κ1) is 20.8. The van der Waals surface area contributed by atoms with Crippen LogP contribution in [0.4, 0.5) is 5.69 Å². The van der Waals surface area contributed by atoms with Crippen LogP contribution in [0.25, 0.3) is 5.70 Å². The van der Waals surface area contributed by atoms with Crippen LogP contribution >= 0.6 is 0 Å². The van der Waals surface area contributed by atoms with Crippen molar-refractivity contribution in [2.24, 2.45) is 0 Å². The van der Waals surface area contributed by atoms with E-state index >= 15 is 0 Å². The van der Waals surface area contributed by atoms with Crippen molar-refractivity contribution in [2.45, 2.75) is 38.5 Å². The molecule has 0 aromatic heterocycles. The fourth-order valence-electron chi connectivity index (χ4n) is 4.07. The number of nitrogens with one attached hydrogen (secondary N) is 2. The zero-order valence-corrected chi connectivity index (χ0v) is 17.9. The maximum absolute atomic E-state index is 13.0. The molecule has 1 amide bonds. The Morgan fingerprint density at radius 1 is 1.29 bits per heavy atom. The molecule has 1 fully saturated rings. The van der Waals surface area contributed by atoms with Gasteiger partial charge in [0.25, 0.3) is 5.91 Å². The van der Waals surface area contributed by atoms with Gasteiger partial charge in [-0.15, -0.1) is 0 Å². The molecule has 0 saturated carbocycles. The first-order chi connectivity index (χ1) is 14.8. The lowest BCUT2D eigenvalue weighted by Gasteiger charge is -2.46. The highest BCUT2D eigenvalue weighted by molar-refractivity contribution is 5.97. The summed E-state index contributed by atoms with van der Waals surface area (Å²) in [5, 5.41) is 10.9. The van der Waals surface area contributed by atoms with Crippen LogP contribution in [0.1, 0.15) is 48.2 Å². The lowest BCUT2D eigenvalue weighted by atomic mass is 9.95. The number of rotatable bonds is 4. The highest BCUT2D eigenvalue weighted by Crippen LogP contribution is 2.39. The standard InChI is InChI=1S/C24H28N4O3/c1-15(2)30-19-5-7-22-20(13-19)16(3)27-24(31-22)8-10-28(11-9-24)23(29)17-4-6-21(26)18(12-17)14-25/h4-7,12-15,25,27H,3,8-11,26H2,1-2H3. The van der Waals surface area contributed by atoms with E-state index in [0.29, 0.717) is 42.7 Å². The minimum absolute atomic E-state index is 0.0662. The second kappa shape index (κ2) is 7.98. The van der Waals surface area contributed by atoms with Gasteiger partial charge in [-0.2, -0.15) is 0 Å². The Morgan fingerprint density at radius 2 is 2.03 bits per heavy atom. The number of amides is 1. The van der Waals surface area contributed by atoms with Crippen LogP contribution in [0.2, 0.25) is 0 Å². The van der Waals surface area contributed by atoms with Gasteiger partial charge < -0.3 is 30.8 Å². The summed E-state index contributed by atoms with van der Waals surface area (Å²) in [7, 11) is 0. The van der Waals surface area contributed by atoms with Crippen LogP contribution in [0.15, 0.2) is 43.0 Å². The number of carbonyl (C=O) groups is 1. The van der Waals surface area contributed by atoms with E-state index in [1.165, 1.54) is 0 Å². The number of likely N-dealkylation sites (tertiary alicyclic amines) is 1. The van der Waals surface area contributed by atoms with E-state index in [4.69, 9.17) is 20.6 Å². The van der Waals surface area contributed by atoms with Crippen LogP contribution in [-0.4, -0.2) is 41.9 Å². The summed E-state index contributed by atoms with van der Waals surface area (Å²) in [6.45, 7) is 9.27. The van der Waals surface area contributed by atoms with E-state index in [2.05, 4.69) is 11.9 Å². The molecule has 2 aliphatic rings. The summed E-state index contributed by atoms with van der Waals surface area (Å²) in [5.41, 5.74) is 8.52. The molecular formula is C24H28N4O3. The summed E-state index contributed by atoms with van der Waals surface area (Å²) >= 11 is 0. The Hall–Kier alpha value is -3.48. The second-order valence-electron chi connectivity index (χ2n) is 8.30. The number of nitrogen functional groups attached to an aromatic ring is 1. The van der Waals surface area contributed by atoms with E-state index in [1.54, 1.807) is 18.2 Å². The van der Waals surface area contributed by atoms with Crippen LogP contribution in [-0.2, 0) is 0 Å². The van der Waals surface area contributed by atoms with Gasteiger partial charge in [0, 0.05) is 60.2 Å². The number of fused-ring (bicyclic) bond motifs is 1. The molecule has 1 spiro atoms. The molecule has 0 unspecified atom stereocenters. The molecule has 0 atom stereocenters. The summed E-state index contributed by atoms with van der Waals surface area (Å²) in [5.74, 6) is 1.49. The van der Waals surface area contributed by atoms with Gasteiger partial charge in [0.2, 0.25) is 0 Å². The van der Waals surface area contributed by atoms with Gasteiger partial charge in [0.15, 0.2) is 5.72 Å². The summed E-state index contributed by atoms with van der Waals surface area (Å²) in [4.78, 5) is 14.8. The van der Waals surface area contributed by atoms with Crippen LogP contribution in [0, 0.1) is 5.41 Å². The quantitative estimate of drug-likeness (QED) is 0.518. The zero-order chi connectivity index (χ0) is 22.2. The van der Waals surface area contributed by atoms with E-state index < -0.39 is 5.72 Å². The molecule has 0 radical (unpaired) electrons. The van der Waals surface area contributed by atoms with Crippen molar-refractivity contribution in [1.82, 2.24) is 10.2 Å². The summed E-state index contributed by atoms with van der Waals surface area (Å²) in [6, 6.07) is 10.8. The van der Waals surface area contributed by atoms with Gasteiger partial charge in [0.05, 0.1) is 6.10 Å². The number of hydrogen-bond donors (Lipinski definition) is 3. The molecule has 0 aliphatic carbocycles. The molecule has 162 valence electrons. The fourth-order valence-corrected chi connectivity index (χ4v) is 4.07. The van der Waals surface area contributed by atoms with Crippen LogP contribution < -0.4 is 20.5 Å². The number of anilines is 1. The van der Waals surface area contributed by atoms with Crippen LogP contribution in [0.3, 0.4) is 0 Å². The van der Waals surface area contributed by atoms with Gasteiger partial charge in [-0.1, -0.05) is 6.58 Å². The number of piperidine rings is 1. The lowest BCUT2D eigenvalue weighted by molar-refractivity contribution is -0.0146. The highest BCUT2D eigenvalue weighted by atomic mass is 16.5. The maximum Gasteiger partial charge on any atom is 0.253 e. The smallest absolute Gasteiger partial charge is 0.253 e. The molecule has 7 heteroatoms. The summed E-state index contributed by atoms with van der Waals surface area (Å²) < 4.78 is 12.1. The van der Waals surface area contributed by atoms with Crippen molar-refractivity contribution in [3.05, 3.63) is 59.7 Å². The predicted octanol–water partition coefficient (Wildman–Crippen LogP) is 3.64. The third-order valence-corrected chi connectivity index (χ3v) is 5.68. The van der Waals surface area contributed by atoms with Crippen molar-refractivity contribution >= 4 is 23.5 Å². The number of benzene rings is 2.